The standard InChI is InChI=1S/C8H9BN2O3/c1-14-7-3-6(9(12)13)2-5-4-10-11-8(5)7/h2-4,12-13H,1H3,(H,10,11). The minimum Gasteiger partial charge on any atom is -0.495 e. The van der Waals surface area contributed by atoms with Gasteiger partial charge in [0, 0.05) is 5.39 Å². The van der Waals surface area contributed by atoms with Crippen LogP contribution < -0.4 is 10.2 Å². The minimum absolute atomic E-state index is 0.385. The quantitative estimate of drug-likeness (QED) is 0.547. The fourth-order valence-electron chi connectivity index (χ4n) is 1.36. The molecule has 0 radical (unpaired) electrons. The number of H-pyrrole nitrogens is 1. The highest BCUT2D eigenvalue weighted by molar-refractivity contribution is 6.59. The Hall–Kier alpha value is -1.53. The molecule has 0 aliphatic rings. The molecule has 1 aromatic heterocycles. The smallest absolute Gasteiger partial charge is 0.488 e. The summed E-state index contributed by atoms with van der Waals surface area (Å²) in [5.74, 6) is 0.545. The first-order valence-electron chi connectivity index (χ1n) is 4.09. The zero-order valence-corrected chi connectivity index (χ0v) is 7.56. The summed E-state index contributed by atoms with van der Waals surface area (Å²) in [5, 5.41) is 25.4. The van der Waals surface area contributed by atoms with Crippen LogP contribution in [0.4, 0.5) is 0 Å². The molecule has 0 bridgehead atoms. The number of ether oxygens (including phenoxy) is 1. The van der Waals surface area contributed by atoms with Gasteiger partial charge in [-0.1, -0.05) is 6.07 Å². The highest BCUT2D eigenvalue weighted by Crippen LogP contribution is 2.21. The number of nitrogens with one attached hydrogen (secondary N) is 1. The van der Waals surface area contributed by atoms with Gasteiger partial charge in [0.15, 0.2) is 0 Å². The van der Waals surface area contributed by atoms with E-state index in [4.69, 9.17) is 14.8 Å². The summed E-state index contributed by atoms with van der Waals surface area (Å²) in [5.41, 5.74) is 1.13. The molecule has 5 nitrogen and oxygen atoms in total. The van der Waals surface area contributed by atoms with Crippen molar-refractivity contribution in [1.29, 1.82) is 0 Å². The van der Waals surface area contributed by atoms with Crippen molar-refractivity contribution in [2.75, 3.05) is 7.11 Å². The summed E-state index contributed by atoms with van der Waals surface area (Å²) < 4.78 is 5.08. The molecule has 0 unspecified atom stereocenters. The molecule has 0 spiro atoms. The van der Waals surface area contributed by atoms with E-state index in [0.29, 0.717) is 11.2 Å². The summed E-state index contributed by atoms with van der Waals surface area (Å²) in [6.45, 7) is 0. The number of rotatable bonds is 2. The molecule has 0 amide bonds. The maximum absolute atomic E-state index is 9.01. The Bertz CT molecular complexity index is 455. The molecule has 0 saturated heterocycles. The normalized spacial score (nSPS) is 10.5. The molecule has 1 heterocycles. The number of benzene rings is 1. The van der Waals surface area contributed by atoms with Crippen LogP contribution in [0.5, 0.6) is 5.75 Å². The molecule has 0 fully saturated rings. The van der Waals surface area contributed by atoms with E-state index < -0.39 is 7.12 Å². The van der Waals surface area contributed by atoms with Gasteiger partial charge in [-0.05, 0) is 11.5 Å². The third-order valence-corrected chi connectivity index (χ3v) is 2.05. The molecule has 72 valence electrons. The van der Waals surface area contributed by atoms with E-state index >= 15 is 0 Å². The summed E-state index contributed by atoms with van der Waals surface area (Å²) in [4.78, 5) is 0. The van der Waals surface area contributed by atoms with Crippen molar-refractivity contribution in [3.05, 3.63) is 18.3 Å². The molecule has 2 aromatic rings. The largest absolute Gasteiger partial charge is 0.495 e. The molecule has 14 heavy (non-hydrogen) atoms. The molecule has 0 aliphatic heterocycles. The summed E-state index contributed by atoms with van der Waals surface area (Å²) in [6.07, 6.45) is 1.60. The average Bonchev–Trinajstić information content (AvgIpc) is 2.63. The number of aromatic nitrogens is 2. The van der Waals surface area contributed by atoms with Gasteiger partial charge < -0.3 is 14.8 Å². The molecular weight excluding hydrogens is 183 g/mol. The first-order chi connectivity index (χ1) is 6.72. The zero-order chi connectivity index (χ0) is 10.1. The number of hydrogen-bond acceptors (Lipinski definition) is 4. The number of hydrogen-bond donors (Lipinski definition) is 3. The number of aromatic amines is 1. The van der Waals surface area contributed by atoms with Gasteiger partial charge >= 0.3 is 7.12 Å². The highest BCUT2D eigenvalue weighted by Gasteiger charge is 2.15. The monoisotopic (exact) mass is 192 g/mol. The number of methoxy groups -OCH3 is 1. The van der Waals surface area contributed by atoms with Crippen LogP contribution in [0.15, 0.2) is 18.3 Å². The van der Waals surface area contributed by atoms with Crippen molar-refractivity contribution in [2.45, 2.75) is 0 Å². The van der Waals surface area contributed by atoms with Gasteiger partial charge in [0.05, 0.1) is 13.3 Å². The van der Waals surface area contributed by atoms with Crippen LogP contribution in [-0.4, -0.2) is 34.5 Å². The Morgan fingerprint density at radius 3 is 2.86 bits per heavy atom. The second-order valence-electron chi connectivity index (χ2n) is 2.93. The summed E-state index contributed by atoms with van der Waals surface area (Å²) in [6, 6.07) is 3.21. The van der Waals surface area contributed by atoms with Crippen molar-refractivity contribution in [3.63, 3.8) is 0 Å². The van der Waals surface area contributed by atoms with Crippen LogP contribution in [0.1, 0.15) is 0 Å². The average molecular weight is 192 g/mol. The predicted molar refractivity (Wildman–Crippen MR) is 52.5 cm³/mol. The zero-order valence-electron chi connectivity index (χ0n) is 7.56. The maximum Gasteiger partial charge on any atom is 0.488 e. The molecule has 6 heteroatoms. The second-order valence-corrected chi connectivity index (χ2v) is 2.93. The first kappa shape index (κ1) is 9.05. The third-order valence-electron chi connectivity index (χ3n) is 2.05. The first-order valence-corrected chi connectivity index (χ1v) is 4.09. The molecule has 0 atom stereocenters. The van der Waals surface area contributed by atoms with Gasteiger partial charge in [-0.15, -0.1) is 0 Å². The van der Waals surface area contributed by atoms with Gasteiger partial charge in [0.1, 0.15) is 11.3 Å². The lowest BCUT2D eigenvalue weighted by molar-refractivity contribution is 0.415. The van der Waals surface area contributed by atoms with E-state index in [2.05, 4.69) is 10.2 Å². The van der Waals surface area contributed by atoms with E-state index in [1.165, 1.54) is 7.11 Å². The maximum atomic E-state index is 9.01. The lowest BCUT2D eigenvalue weighted by Gasteiger charge is -2.04. The van der Waals surface area contributed by atoms with Gasteiger partial charge in [-0.3, -0.25) is 5.10 Å². The second kappa shape index (κ2) is 3.32. The number of nitrogens with zero attached hydrogens (tertiary/aromatic N) is 1. The highest BCUT2D eigenvalue weighted by atomic mass is 16.5. The Balaban J connectivity index is 2.67. The van der Waals surface area contributed by atoms with Crippen LogP contribution in [0.25, 0.3) is 10.9 Å². The number of fused-ring (bicyclic) bond motifs is 1. The Labute approximate surface area is 80.5 Å². The van der Waals surface area contributed by atoms with Crippen molar-refractivity contribution >= 4 is 23.5 Å². The molecular formula is C8H9BN2O3. The van der Waals surface area contributed by atoms with Gasteiger partial charge in [0.25, 0.3) is 0 Å². The van der Waals surface area contributed by atoms with Crippen molar-refractivity contribution in [2.24, 2.45) is 0 Å². The van der Waals surface area contributed by atoms with Gasteiger partial charge in [-0.25, -0.2) is 0 Å². The van der Waals surface area contributed by atoms with Crippen molar-refractivity contribution in [3.8, 4) is 5.75 Å². The SMILES string of the molecule is COc1cc(B(O)O)cc2cn[nH]c12. The topological polar surface area (TPSA) is 78.4 Å². The minimum atomic E-state index is -1.50. The van der Waals surface area contributed by atoms with E-state index in [9.17, 15) is 0 Å². The van der Waals surface area contributed by atoms with E-state index in [-0.39, 0.29) is 0 Å². The van der Waals surface area contributed by atoms with Crippen LogP contribution in [0.3, 0.4) is 0 Å². The molecule has 1 aromatic carbocycles. The molecule has 0 aliphatic carbocycles. The molecule has 3 N–H and O–H groups in total. The van der Waals surface area contributed by atoms with Crippen LogP contribution >= 0.6 is 0 Å². The van der Waals surface area contributed by atoms with E-state index in [1.807, 2.05) is 0 Å². The third kappa shape index (κ3) is 1.34. The predicted octanol–water partition coefficient (Wildman–Crippen LogP) is -0.749. The molecule has 2 rings (SSSR count). The Kier molecular flexibility index (Phi) is 2.15. The fourth-order valence-corrected chi connectivity index (χ4v) is 1.36. The van der Waals surface area contributed by atoms with E-state index in [0.717, 1.165) is 10.9 Å². The Morgan fingerprint density at radius 1 is 1.43 bits per heavy atom. The lowest BCUT2D eigenvalue weighted by Crippen LogP contribution is -2.29. The summed E-state index contributed by atoms with van der Waals surface area (Å²) >= 11 is 0. The van der Waals surface area contributed by atoms with Gasteiger partial charge in [0.2, 0.25) is 0 Å². The van der Waals surface area contributed by atoms with Crippen LogP contribution in [0, 0.1) is 0 Å². The fraction of sp³-hybridized carbons (Fsp3) is 0.125. The Morgan fingerprint density at radius 2 is 2.21 bits per heavy atom. The van der Waals surface area contributed by atoms with Crippen molar-refractivity contribution < 1.29 is 14.8 Å². The van der Waals surface area contributed by atoms with Crippen LogP contribution in [0.2, 0.25) is 0 Å². The van der Waals surface area contributed by atoms with E-state index in [1.54, 1.807) is 18.3 Å². The lowest BCUT2D eigenvalue weighted by atomic mass is 9.80. The summed E-state index contributed by atoms with van der Waals surface area (Å²) in [7, 11) is 0.0200. The molecule has 0 saturated carbocycles. The van der Waals surface area contributed by atoms with Crippen molar-refractivity contribution in [1.82, 2.24) is 10.2 Å². The van der Waals surface area contributed by atoms with Crippen LogP contribution in [-0.2, 0) is 0 Å². The van der Waals surface area contributed by atoms with Gasteiger partial charge in [-0.2, -0.15) is 5.10 Å².